The Kier molecular flexibility index (Phi) is 20.2. The SMILES string of the molecule is [B].[CH3][Sb][CH3]. The van der Waals surface area contributed by atoms with Crippen LogP contribution in [0.15, 0.2) is 0 Å². The van der Waals surface area contributed by atoms with Gasteiger partial charge in [0, 0.05) is 8.41 Å². The van der Waals surface area contributed by atoms with E-state index in [2.05, 4.69) is 9.74 Å². The third kappa shape index (κ3) is 13.1. The summed E-state index contributed by atoms with van der Waals surface area (Å²) < 4.78 is 0. The second-order valence-corrected chi connectivity index (χ2v) is 3.00. The van der Waals surface area contributed by atoms with Gasteiger partial charge in [-0.3, -0.25) is 0 Å². The third-order valence-corrected chi connectivity index (χ3v) is 0. The molecule has 0 atom stereocenters. The second kappa shape index (κ2) is 9.10. The molecule has 0 spiro atoms. The number of hydrogen-bond donors (Lipinski definition) is 0. The van der Waals surface area contributed by atoms with Crippen LogP contribution < -0.4 is 0 Å². The average Bonchev–Trinajstić information content (AvgIpc) is 0.918. The van der Waals surface area contributed by atoms with Gasteiger partial charge in [0.15, 0.2) is 0 Å². The Morgan fingerprint density at radius 2 is 1.25 bits per heavy atom. The van der Waals surface area contributed by atoms with E-state index in [1.165, 1.54) is 0 Å². The van der Waals surface area contributed by atoms with E-state index in [0.717, 1.165) is 0 Å². The van der Waals surface area contributed by atoms with Crippen molar-refractivity contribution in [2.24, 2.45) is 0 Å². The Morgan fingerprint density at radius 3 is 1.25 bits per heavy atom. The molecule has 0 saturated heterocycles. The van der Waals surface area contributed by atoms with Gasteiger partial charge in [-0.25, -0.2) is 0 Å². The molecule has 0 bridgehead atoms. The molecular weight excluding hydrogens is 157 g/mol. The molecule has 4 heavy (non-hydrogen) atoms. The van der Waals surface area contributed by atoms with Crippen molar-refractivity contribution < 1.29 is 0 Å². The van der Waals surface area contributed by atoms with E-state index >= 15 is 0 Å². The average molecular weight is 163 g/mol. The van der Waals surface area contributed by atoms with Gasteiger partial charge in [-0.2, -0.15) is 0 Å². The van der Waals surface area contributed by atoms with E-state index < -0.39 is 0 Å². The molecule has 0 heterocycles. The first-order valence-corrected chi connectivity index (χ1v) is 6.00. The summed E-state index contributed by atoms with van der Waals surface area (Å²) in [6.07, 6.45) is 0. The van der Waals surface area contributed by atoms with Crippen LogP contribution >= 0.6 is 0 Å². The van der Waals surface area contributed by atoms with E-state index in [0.29, 0.717) is 21.6 Å². The van der Waals surface area contributed by atoms with Gasteiger partial charge in [-0.15, -0.1) is 0 Å². The molecule has 0 aliphatic rings. The molecule has 0 aliphatic carbocycles. The molecule has 0 N–H and O–H groups in total. The minimum absolute atomic E-state index is 0. The van der Waals surface area contributed by atoms with Crippen molar-refractivity contribution in [2.45, 2.75) is 9.74 Å². The molecule has 0 saturated carbocycles. The Bertz CT molecular complexity index is 6.00. The van der Waals surface area contributed by atoms with Crippen molar-refractivity contribution in [1.82, 2.24) is 0 Å². The molecule has 0 aromatic heterocycles. The second-order valence-electron chi connectivity index (χ2n) is 0.447. The van der Waals surface area contributed by atoms with Gasteiger partial charge >= 0.3 is 31.4 Å². The van der Waals surface area contributed by atoms with Crippen molar-refractivity contribution in [3.63, 3.8) is 0 Å². The number of rotatable bonds is 0. The van der Waals surface area contributed by atoms with Crippen LogP contribution in [0.4, 0.5) is 0 Å². The van der Waals surface area contributed by atoms with Gasteiger partial charge in [-0.05, 0) is 0 Å². The van der Waals surface area contributed by atoms with Gasteiger partial charge in [-0.1, -0.05) is 0 Å². The van der Waals surface area contributed by atoms with E-state index in [-0.39, 0.29) is 8.41 Å². The van der Waals surface area contributed by atoms with Gasteiger partial charge in [0.05, 0.1) is 0 Å². The Morgan fingerprint density at radius 1 is 1.25 bits per heavy atom. The molecule has 2 heteroatoms. The first kappa shape index (κ1) is 8.86. The van der Waals surface area contributed by atoms with Gasteiger partial charge in [0.1, 0.15) is 0 Å². The van der Waals surface area contributed by atoms with Gasteiger partial charge < -0.3 is 0 Å². The molecule has 0 nitrogen and oxygen atoms in total. The van der Waals surface area contributed by atoms with Crippen LogP contribution in [0, 0.1) is 0 Å². The fourth-order valence-electron chi connectivity index (χ4n) is 0. The van der Waals surface area contributed by atoms with E-state index in [1.807, 2.05) is 0 Å². The van der Waals surface area contributed by atoms with Crippen molar-refractivity contribution >= 4 is 30.0 Å². The first-order chi connectivity index (χ1) is 1.41. The van der Waals surface area contributed by atoms with Crippen LogP contribution in [0.5, 0.6) is 0 Å². The third-order valence-electron chi connectivity index (χ3n) is 0. The molecule has 0 aromatic rings. The molecule has 22 valence electrons. The van der Waals surface area contributed by atoms with Crippen LogP contribution in [0.2, 0.25) is 9.74 Å². The van der Waals surface area contributed by atoms with Crippen LogP contribution in [-0.4, -0.2) is 30.0 Å². The Balaban J connectivity index is 0. The van der Waals surface area contributed by atoms with Crippen LogP contribution in [0.25, 0.3) is 0 Å². The summed E-state index contributed by atoms with van der Waals surface area (Å²) in [5.74, 6) is 0. The zero-order valence-electron chi connectivity index (χ0n) is 3.02. The monoisotopic (exact) mass is 162 g/mol. The predicted molar refractivity (Wildman–Crippen MR) is 23.2 cm³/mol. The molecule has 0 amide bonds. The van der Waals surface area contributed by atoms with Crippen molar-refractivity contribution in [1.29, 1.82) is 0 Å². The molecule has 4 radical (unpaired) electrons. The maximum absolute atomic E-state index is 2.28. The minimum atomic E-state index is 0. The van der Waals surface area contributed by atoms with Crippen LogP contribution in [0.1, 0.15) is 0 Å². The van der Waals surface area contributed by atoms with Gasteiger partial charge in [0.25, 0.3) is 0 Å². The fourth-order valence-corrected chi connectivity index (χ4v) is 0. The summed E-state index contributed by atoms with van der Waals surface area (Å²) in [6, 6.07) is 0. The Hall–Kier alpha value is 0.883. The van der Waals surface area contributed by atoms with Crippen LogP contribution in [-0.2, 0) is 0 Å². The quantitative estimate of drug-likeness (QED) is 0.453. The molecule has 0 fully saturated rings. The van der Waals surface area contributed by atoms with Crippen molar-refractivity contribution in [2.75, 3.05) is 0 Å². The van der Waals surface area contributed by atoms with Crippen LogP contribution in [0.3, 0.4) is 0 Å². The number of hydrogen-bond acceptors (Lipinski definition) is 0. The van der Waals surface area contributed by atoms with Gasteiger partial charge in [0.2, 0.25) is 0 Å². The Labute approximate surface area is 40.1 Å². The van der Waals surface area contributed by atoms with Crippen molar-refractivity contribution in [3.8, 4) is 0 Å². The van der Waals surface area contributed by atoms with E-state index in [1.54, 1.807) is 0 Å². The summed E-state index contributed by atoms with van der Waals surface area (Å²) >= 11 is 0.350. The van der Waals surface area contributed by atoms with E-state index in [4.69, 9.17) is 0 Å². The molecule has 0 unspecified atom stereocenters. The topological polar surface area (TPSA) is 0 Å². The van der Waals surface area contributed by atoms with Crippen molar-refractivity contribution in [3.05, 3.63) is 0 Å². The fraction of sp³-hybridized carbons (Fsp3) is 1.00. The summed E-state index contributed by atoms with van der Waals surface area (Å²) in [7, 11) is 0. The normalized spacial score (nSPS) is 4.50. The predicted octanol–water partition coefficient (Wildman–Crippen LogP) is 0.406. The summed E-state index contributed by atoms with van der Waals surface area (Å²) in [5, 5.41) is 0. The molecule has 0 aromatic carbocycles. The standard InChI is InChI=1S/2CH3.B.Sb/h2*1H3;;. The first-order valence-electron chi connectivity index (χ1n) is 0.894. The zero-order valence-corrected chi connectivity index (χ0v) is 5.58. The molecule has 0 rings (SSSR count). The summed E-state index contributed by atoms with van der Waals surface area (Å²) in [5.41, 5.74) is 0. The molecular formula is C2H6BSb. The summed E-state index contributed by atoms with van der Waals surface area (Å²) in [4.78, 5) is 4.55. The summed E-state index contributed by atoms with van der Waals surface area (Å²) in [6.45, 7) is 0. The maximum atomic E-state index is 2.28. The molecule has 0 aliphatic heterocycles. The zero-order chi connectivity index (χ0) is 2.71. The van der Waals surface area contributed by atoms with E-state index in [9.17, 15) is 0 Å².